The number of likely N-dealkylation sites (tertiary alicyclic amines) is 1. The molecule has 0 saturated carbocycles. The Bertz CT molecular complexity index is 1180. The van der Waals surface area contributed by atoms with Crippen LogP contribution < -0.4 is 4.90 Å². The van der Waals surface area contributed by atoms with E-state index in [-0.39, 0.29) is 18.0 Å². The van der Waals surface area contributed by atoms with Gasteiger partial charge in [-0.3, -0.25) is 9.78 Å². The van der Waals surface area contributed by atoms with Crippen molar-refractivity contribution in [1.82, 2.24) is 14.9 Å². The molecule has 3 aromatic rings. The van der Waals surface area contributed by atoms with E-state index in [4.69, 9.17) is 10.00 Å². The molecule has 2 unspecified atom stereocenters. The second-order valence-electron chi connectivity index (χ2n) is 8.95. The van der Waals surface area contributed by atoms with E-state index < -0.39 is 0 Å². The zero-order valence-corrected chi connectivity index (χ0v) is 18.7. The van der Waals surface area contributed by atoms with Crippen molar-refractivity contribution in [2.75, 3.05) is 24.6 Å². The Morgan fingerprint density at radius 1 is 1.18 bits per heavy atom. The van der Waals surface area contributed by atoms with E-state index in [1.165, 1.54) is 0 Å². The number of benzene rings is 1. The van der Waals surface area contributed by atoms with Crippen LogP contribution in [0, 0.1) is 17.2 Å². The molecule has 2 aliphatic rings. The Kier molecular flexibility index (Phi) is 5.93. The quantitative estimate of drug-likeness (QED) is 0.544. The number of aromatic nitrogens is 2. The minimum absolute atomic E-state index is 0.145. The number of ether oxygens (including phenoxy) is 1. The lowest BCUT2D eigenvalue weighted by molar-refractivity contribution is -0.133. The molecule has 7 heteroatoms. The summed E-state index contributed by atoms with van der Waals surface area (Å²) in [6, 6.07) is 16.4. The highest BCUT2D eigenvalue weighted by Gasteiger charge is 2.45. The first-order valence-electron chi connectivity index (χ1n) is 11.5. The third-order valence-corrected chi connectivity index (χ3v) is 6.84. The van der Waals surface area contributed by atoms with Crippen LogP contribution in [0.1, 0.15) is 30.9 Å². The summed E-state index contributed by atoms with van der Waals surface area (Å²) in [5, 5.41) is 10.1. The van der Waals surface area contributed by atoms with Crippen LogP contribution in [0.3, 0.4) is 0 Å². The highest BCUT2D eigenvalue weighted by atomic mass is 16.5. The van der Waals surface area contributed by atoms with Crippen LogP contribution in [0.2, 0.25) is 0 Å². The number of amides is 1. The average Bonchev–Trinajstić information content (AvgIpc) is 3.05. The summed E-state index contributed by atoms with van der Waals surface area (Å²) in [4.78, 5) is 26.2. The van der Waals surface area contributed by atoms with Crippen LogP contribution in [-0.4, -0.2) is 52.6 Å². The lowest BCUT2D eigenvalue weighted by Gasteiger charge is -2.42. The van der Waals surface area contributed by atoms with Gasteiger partial charge in [-0.05, 0) is 42.2 Å². The molecule has 1 amide bonds. The SMILES string of the molecule is C[C@H]1CC2CN(C(=O)CCOCc3cccc4ncccc34)CC1N2c1ccc(C#N)cn1. The van der Waals surface area contributed by atoms with Crippen LogP contribution in [0.4, 0.5) is 5.82 Å². The van der Waals surface area contributed by atoms with E-state index in [2.05, 4.69) is 27.9 Å². The molecule has 1 aromatic carbocycles. The summed E-state index contributed by atoms with van der Waals surface area (Å²) in [6.07, 6.45) is 4.84. The summed E-state index contributed by atoms with van der Waals surface area (Å²) in [5.74, 6) is 1.53. The molecular formula is C26H27N5O2. The molecule has 2 saturated heterocycles. The Hall–Kier alpha value is -3.50. The fourth-order valence-corrected chi connectivity index (χ4v) is 5.19. The Morgan fingerprint density at radius 3 is 2.88 bits per heavy atom. The number of carbonyl (C=O) groups excluding carboxylic acids is 1. The molecule has 4 heterocycles. The summed E-state index contributed by atoms with van der Waals surface area (Å²) in [6.45, 7) is 4.52. The van der Waals surface area contributed by atoms with Crippen LogP contribution in [0.15, 0.2) is 54.9 Å². The Balaban J connectivity index is 1.16. The zero-order chi connectivity index (χ0) is 22.8. The highest BCUT2D eigenvalue weighted by Crippen LogP contribution is 2.37. The van der Waals surface area contributed by atoms with E-state index in [0.29, 0.717) is 44.2 Å². The van der Waals surface area contributed by atoms with E-state index >= 15 is 0 Å². The van der Waals surface area contributed by atoms with Crippen LogP contribution in [-0.2, 0) is 16.1 Å². The van der Waals surface area contributed by atoms with Crippen LogP contribution in [0.5, 0.6) is 0 Å². The van der Waals surface area contributed by atoms with Gasteiger partial charge in [0.25, 0.3) is 0 Å². The van der Waals surface area contributed by atoms with Gasteiger partial charge in [-0.15, -0.1) is 0 Å². The summed E-state index contributed by atoms with van der Waals surface area (Å²) in [7, 11) is 0. The molecule has 0 spiro atoms. The van der Waals surface area contributed by atoms with Crippen molar-refractivity contribution < 1.29 is 9.53 Å². The van der Waals surface area contributed by atoms with E-state index in [0.717, 1.165) is 28.7 Å². The second-order valence-corrected chi connectivity index (χ2v) is 8.95. The number of hydrogen-bond donors (Lipinski definition) is 0. The van der Waals surface area contributed by atoms with Crippen molar-refractivity contribution >= 4 is 22.6 Å². The Labute approximate surface area is 193 Å². The monoisotopic (exact) mass is 441 g/mol. The molecule has 3 atom stereocenters. The van der Waals surface area contributed by atoms with Gasteiger partial charge in [0.15, 0.2) is 0 Å². The maximum atomic E-state index is 12.9. The summed E-state index contributed by atoms with van der Waals surface area (Å²) < 4.78 is 5.87. The second kappa shape index (κ2) is 9.16. The van der Waals surface area contributed by atoms with Gasteiger partial charge in [-0.1, -0.05) is 25.1 Å². The van der Waals surface area contributed by atoms with Gasteiger partial charge in [0, 0.05) is 36.9 Å². The smallest absolute Gasteiger partial charge is 0.225 e. The van der Waals surface area contributed by atoms with Crippen molar-refractivity contribution in [3.63, 3.8) is 0 Å². The predicted molar refractivity (Wildman–Crippen MR) is 125 cm³/mol. The standard InChI is InChI=1S/C26H27N5O2/c1-18-12-21-15-30(16-24(18)31(21)25-8-7-19(13-27)14-29-25)26(32)9-11-33-17-20-4-2-6-23-22(20)5-3-10-28-23/h2-8,10,14,18,21,24H,9,11-12,15-17H2,1H3/t18-,21?,24?/m0/s1. The number of carbonyl (C=O) groups is 1. The van der Waals surface area contributed by atoms with Gasteiger partial charge < -0.3 is 14.5 Å². The molecule has 2 aromatic heterocycles. The number of fused-ring (bicyclic) bond motifs is 3. The number of hydrogen-bond acceptors (Lipinski definition) is 6. The first-order valence-corrected chi connectivity index (χ1v) is 11.5. The summed E-state index contributed by atoms with van der Waals surface area (Å²) in [5.41, 5.74) is 2.60. The Morgan fingerprint density at radius 2 is 2.09 bits per heavy atom. The molecule has 168 valence electrons. The molecule has 0 aliphatic carbocycles. The lowest BCUT2D eigenvalue weighted by Crippen LogP contribution is -2.56. The van der Waals surface area contributed by atoms with Gasteiger partial charge in [0.2, 0.25) is 5.91 Å². The van der Waals surface area contributed by atoms with Gasteiger partial charge >= 0.3 is 0 Å². The largest absolute Gasteiger partial charge is 0.376 e. The molecule has 33 heavy (non-hydrogen) atoms. The topological polar surface area (TPSA) is 82.4 Å². The average molecular weight is 442 g/mol. The fourth-order valence-electron chi connectivity index (χ4n) is 5.19. The van der Waals surface area contributed by atoms with Crippen molar-refractivity contribution in [1.29, 1.82) is 5.26 Å². The van der Waals surface area contributed by atoms with Gasteiger partial charge in [-0.25, -0.2) is 4.98 Å². The van der Waals surface area contributed by atoms with Crippen molar-refractivity contribution in [2.45, 2.75) is 38.5 Å². The molecule has 0 N–H and O–H groups in total. The van der Waals surface area contributed by atoms with Gasteiger partial charge in [0.05, 0.1) is 36.8 Å². The molecular weight excluding hydrogens is 414 g/mol. The van der Waals surface area contributed by atoms with E-state index in [9.17, 15) is 4.79 Å². The number of pyridine rings is 2. The number of nitriles is 1. The highest BCUT2D eigenvalue weighted by molar-refractivity contribution is 5.81. The summed E-state index contributed by atoms with van der Waals surface area (Å²) >= 11 is 0. The number of anilines is 1. The van der Waals surface area contributed by atoms with Crippen LogP contribution in [0.25, 0.3) is 10.9 Å². The van der Waals surface area contributed by atoms with Gasteiger partial charge in [0.1, 0.15) is 11.9 Å². The van der Waals surface area contributed by atoms with Crippen molar-refractivity contribution in [3.8, 4) is 6.07 Å². The maximum Gasteiger partial charge on any atom is 0.225 e. The number of rotatable bonds is 6. The third-order valence-electron chi connectivity index (χ3n) is 6.84. The molecule has 0 radical (unpaired) electrons. The molecule has 2 aliphatic heterocycles. The first-order chi connectivity index (χ1) is 16.1. The molecule has 2 fully saturated rings. The third kappa shape index (κ3) is 4.27. The van der Waals surface area contributed by atoms with Gasteiger partial charge in [-0.2, -0.15) is 5.26 Å². The van der Waals surface area contributed by atoms with E-state index in [1.807, 2.05) is 47.4 Å². The van der Waals surface area contributed by atoms with Crippen molar-refractivity contribution in [3.05, 3.63) is 66.0 Å². The molecule has 7 nitrogen and oxygen atoms in total. The normalized spacial score (nSPS) is 21.9. The maximum absolute atomic E-state index is 12.9. The minimum Gasteiger partial charge on any atom is -0.376 e. The fraction of sp³-hybridized carbons (Fsp3) is 0.385. The predicted octanol–water partition coefficient (Wildman–Crippen LogP) is 3.53. The first kappa shape index (κ1) is 21.4. The molecule has 5 rings (SSSR count). The van der Waals surface area contributed by atoms with Crippen molar-refractivity contribution in [2.24, 2.45) is 5.92 Å². The van der Waals surface area contributed by atoms with Crippen LogP contribution >= 0.6 is 0 Å². The minimum atomic E-state index is 0.145. The lowest BCUT2D eigenvalue weighted by atomic mass is 10.0. The molecule has 2 bridgehead atoms. The zero-order valence-electron chi connectivity index (χ0n) is 18.7. The number of piperazine rings is 1. The number of nitrogens with zero attached hydrogens (tertiary/aromatic N) is 5. The van der Waals surface area contributed by atoms with E-state index in [1.54, 1.807) is 12.4 Å².